The Labute approximate surface area is 113 Å². The fraction of sp³-hybridized carbons (Fsp3) is 0.615. The molecule has 0 radical (unpaired) electrons. The van der Waals surface area contributed by atoms with Gasteiger partial charge in [-0.25, -0.2) is 9.97 Å². The molecule has 0 spiro atoms. The number of carboxylic acid groups (broad SMARTS) is 1. The minimum atomic E-state index is -0.916. The third kappa shape index (κ3) is 6.03. The SMILES string of the molecule is CC(Nc1cc(NCCC(C)(C)C)ncn1)C(=O)O. The van der Waals surface area contributed by atoms with Gasteiger partial charge in [0.1, 0.15) is 24.0 Å². The molecular weight excluding hydrogens is 244 g/mol. The number of aromatic nitrogens is 2. The lowest BCUT2D eigenvalue weighted by atomic mass is 9.92. The summed E-state index contributed by atoms with van der Waals surface area (Å²) in [6.45, 7) is 8.91. The Bertz CT molecular complexity index is 429. The first kappa shape index (κ1) is 15.2. The van der Waals surface area contributed by atoms with E-state index in [0.717, 1.165) is 13.0 Å². The minimum absolute atomic E-state index is 0.263. The maximum absolute atomic E-state index is 10.7. The molecule has 0 bridgehead atoms. The van der Waals surface area contributed by atoms with Crippen molar-refractivity contribution >= 4 is 17.6 Å². The maximum atomic E-state index is 10.7. The summed E-state index contributed by atoms with van der Waals surface area (Å²) in [5, 5.41) is 14.8. The van der Waals surface area contributed by atoms with Gasteiger partial charge >= 0.3 is 5.97 Å². The van der Waals surface area contributed by atoms with E-state index in [1.54, 1.807) is 13.0 Å². The fourth-order valence-corrected chi connectivity index (χ4v) is 1.38. The summed E-state index contributed by atoms with van der Waals surface area (Å²) in [7, 11) is 0. The van der Waals surface area contributed by atoms with Crippen molar-refractivity contribution in [2.45, 2.75) is 40.2 Å². The van der Waals surface area contributed by atoms with Crippen LogP contribution in [0, 0.1) is 5.41 Å². The van der Waals surface area contributed by atoms with Crippen molar-refractivity contribution in [3.8, 4) is 0 Å². The zero-order valence-electron chi connectivity index (χ0n) is 11.9. The normalized spacial score (nSPS) is 12.8. The number of carbonyl (C=O) groups is 1. The fourth-order valence-electron chi connectivity index (χ4n) is 1.38. The Morgan fingerprint density at radius 1 is 1.37 bits per heavy atom. The second kappa shape index (κ2) is 6.36. The number of aliphatic carboxylic acids is 1. The van der Waals surface area contributed by atoms with Crippen LogP contribution in [0.4, 0.5) is 11.6 Å². The van der Waals surface area contributed by atoms with Gasteiger partial charge in [0.05, 0.1) is 0 Å². The van der Waals surface area contributed by atoms with Crippen molar-refractivity contribution in [2.24, 2.45) is 5.41 Å². The lowest BCUT2D eigenvalue weighted by Gasteiger charge is -2.18. The van der Waals surface area contributed by atoms with Gasteiger partial charge in [-0.05, 0) is 18.8 Å². The third-order valence-electron chi connectivity index (χ3n) is 2.58. The molecule has 106 valence electrons. The molecule has 0 saturated heterocycles. The summed E-state index contributed by atoms with van der Waals surface area (Å²) >= 11 is 0. The Morgan fingerprint density at radius 3 is 2.58 bits per heavy atom. The molecule has 0 fully saturated rings. The molecule has 0 aliphatic rings. The summed E-state index contributed by atoms with van der Waals surface area (Å²) in [5.74, 6) is 0.281. The lowest BCUT2D eigenvalue weighted by molar-refractivity contribution is -0.137. The van der Waals surface area contributed by atoms with Crippen LogP contribution in [-0.4, -0.2) is 33.6 Å². The summed E-state index contributed by atoms with van der Waals surface area (Å²) in [6, 6.07) is 1.03. The largest absolute Gasteiger partial charge is 0.480 e. The highest BCUT2D eigenvalue weighted by Gasteiger charge is 2.12. The number of carboxylic acids is 1. The third-order valence-corrected chi connectivity index (χ3v) is 2.58. The Hall–Kier alpha value is -1.85. The second-order valence-electron chi connectivity index (χ2n) is 5.73. The molecule has 1 heterocycles. The first-order chi connectivity index (χ1) is 8.78. The summed E-state index contributed by atoms with van der Waals surface area (Å²) in [4.78, 5) is 18.8. The smallest absolute Gasteiger partial charge is 0.325 e. The monoisotopic (exact) mass is 266 g/mol. The predicted molar refractivity (Wildman–Crippen MR) is 75.3 cm³/mol. The molecule has 0 saturated carbocycles. The zero-order valence-corrected chi connectivity index (χ0v) is 11.9. The van der Waals surface area contributed by atoms with Crippen LogP contribution in [0.5, 0.6) is 0 Å². The van der Waals surface area contributed by atoms with E-state index in [9.17, 15) is 4.79 Å². The molecule has 0 aliphatic carbocycles. The molecule has 1 unspecified atom stereocenters. The first-order valence-electron chi connectivity index (χ1n) is 6.33. The molecule has 1 rings (SSSR count). The van der Waals surface area contributed by atoms with E-state index >= 15 is 0 Å². The van der Waals surface area contributed by atoms with Crippen molar-refractivity contribution in [3.63, 3.8) is 0 Å². The molecule has 6 heteroatoms. The maximum Gasteiger partial charge on any atom is 0.325 e. The average Bonchev–Trinajstić information content (AvgIpc) is 2.27. The molecule has 1 atom stereocenters. The van der Waals surface area contributed by atoms with Gasteiger partial charge in [-0.3, -0.25) is 4.79 Å². The number of nitrogens with zero attached hydrogens (tertiary/aromatic N) is 2. The zero-order chi connectivity index (χ0) is 14.5. The van der Waals surface area contributed by atoms with E-state index in [2.05, 4.69) is 41.4 Å². The Morgan fingerprint density at radius 2 is 2.00 bits per heavy atom. The van der Waals surface area contributed by atoms with Crippen LogP contribution in [0.25, 0.3) is 0 Å². The van der Waals surface area contributed by atoms with Gasteiger partial charge in [-0.1, -0.05) is 20.8 Å². The first-order valence-corrected chi connectivity index (χ1v) is 6.33. The number of hydrogen-bond acceptors (Lipinski definition) is 5. The minimum Gasteiger partial charge on any atom is -0.480 e. The van der Waals surface area contributed by atoms with Crippen molar-refractivity contribution in [2.75, 3.05) is 17.2 Å². The van der Waals surface area contributed by atoms with Crippen molar-refractivity contribution in [1.29, 1.82) is 0 Å². The van der Waals surface area contributed by atoms with E-state index < -0.39 is 12.0 Å². The quantitative estimate of drug-likeness (QED) is 0.731. The molecule has 1 aromatic rings. The molecule has 1 aromatic heterocycles. The lowest BCUT2D eigenvalue weighted by Crippen LogP contribution is -2.26. The molecule has 19 heavy (non-hydrogen) atoms. The average molecular weight is 266 g/mol. The van der Waals surface area contributed by atoms with Crippen molar-refractivity contribution < 1.29 is 9.90 Å². The molecular formula is C13H22N4O2. The van der Waals surface area contributed by atoms with Crippen LogP contribution >= 0.6 is 0 Å². The van der Waals surface area contributed by atoms with Gasteiger partial charge < -0.3 is 15.7 Å². The highest BCUT2D eigenvalue weighted by molar-refractivity contribution is 5.76. The van der Waals surface area contributed by atoms with E-state index in [-0.39, 0.29) is 5.41 Å². The van der Waals surface area contributed by atoms with E-state index in [0.29, 0.717) is 11.6 Å². The Kier molecular flexibility index (Phi) is 5.09. The van der Waals surface area contributed by atoms with Gasteiger partial charge in [0.15, 0.2) is 0 Å². The van der Waals surface area contributed by atoms with Gasteiger partial charge in [-0.15, -0.1) is 0 Å². The van der Waals surface area contributed by atoms with Crippen LogP contribution in [0.3, 0.4) is 0 Å². The van der Waals surface area contributed by atoms with E-state index in [1.165, 1.54) is 6.33 Å². The van der Waals surface area contributed by atoms with Crippen molar-refractivity contribution in [3.05, 3.63) is 12.4 Å². The highest BCUT2D eigenvalue weighted by atomic mass is 16.4. The molecule has 0 amide bonds. The van der Waals surface area contributed by atoms with Gasteiger partial charge in [-0.2, -0.15) is 0 Å². The van der Waals surface area contributed by atoms with E-state index in [1.807, 2.05) is 0 Å². The van der Waals surface area contributed by atoms with Crippen molar-refractivity contribution in [1.82, 2.24) is 9.97 Å². The predicted octanol–water partition coefficient (Wildman–Crippen LogP) is 2.21. The van der Waals surface area contributed by atoms with E-state index in [4.69, 9.17) is 5.11 Å². The summed E-state index contributed by atoms with van der Waals surface area (Å²) < 4.78 is 0. The number of anilines is 2. The van der Waals surface area contributed by atoms with Crippen LogP contribution in [-0.2, 0) is 4.79 Å². The van der Waals surface area contributed by atoms with Crippen LogP contribution in [0.1, 0.15) is 34.1 Å². The van der Waals surface area contributed by atoms with Gasteiger partial charge in [0, 0.05) is 12.6 Å². The highest BCUT2D eigenvalue weighted by Crippen LogP contribution is 2.18. The standard InChI is InChI=1S/C13H22N4O2/c1-9(12(18)19)17-11-7-10(15-8-16-11)14-6-5-13(2,3)4/h7-9H,5-6H2,1-4H3,(H,18,19)(H2,14,15,16,17). The molecule has 0 aliphatic heterocycles. The topological polar surface area (TPSA) is 87.1 Å². The van der Waals surface area contributed by atoms with Crippen LogP contribution in [0.2, 0.25) is 0 Å². The molecule has 0 aromatic carbocycles. The van der Waals surface area contributed by atoms with Gasteiger partial charge in [0.2, 0.25) is 0 Å². The summed E-state index contributed by atoms with van der Waals surface area (Å²) in [6.07, 6.45) is 2.43. The second-order valence-corrected chi connectivity index (χ2v) is 5.73. The van der Waals surface area contributed by atoms with Crippen LogP contribution in [0.15, 0.2) is 12.4 Å². The molecule has 3 N–H and O–H groups in total. The number of rotatable bonds is 6. The van der Waals surface area contributed by atoms with Gasteiger partial charge in [0.25, 0.3) is 0 Å². The number of nitrogens with one attached hydrogen (secondary N) is 2. The molecule has 6 nitrogen and oxygen atoms in total. The summed E-state index contributed by atoms with van der Waals surface area (Å²) in [5.41, 5.74) is 0.263. The Balaban J connectivity index is 2.55. The van der Waals surface area contributed by atoms with Crippen LogP contribution < -0.4 is 10.6 Å². The number of hydrogen-bond donors (Lipinski definition) is 3.